The molecule has 0 aromatic rings. The van der Waals surface area contributed by atoms with Crippen LogP contribution in [0.2, 0.25) is 0 Å². The molecule has 1 aliphatic heterocycles. The smallest absolute Gasteiger partial charge is 0.309 e. The standard InChI is InChI=1S/C27H45NO5/c1-16-22(29)7-8-23(32-16)33-18-9-12-25(2)17(15-18)5-6-20-19(25)10-13-26(3)21(24(30)31-4)11-14-27(20,26)28/h16-23,29H,5-15,28H2,1-4H3/t16?,17-,18+,19+,20-,21?,22-,23-,25+,26-,27+/m1/s1. The molecule has 0 radical (unpaired) electrons. The molecular formula is C27H45NO5. The number of aliphatic hydroxyl groups excluding tert-OH is 1. The van der Waals surface area contributed by atoms with Gasteiger partial charge in [-0.3, -0.25) is 4.79 Å². The number of esters is 1. The van der Waals surface area contributed by atoms with Gasteiger partial charge in [-0.25, -0.2) is 0 Å². The van der Waals surface area contributed by atoms with E-state index in [1.807, 2.05) is 6.92 Å². The number of aliphatic hydroxyl groups is 1. The second-order valence-corrected chi connectivity index (χ2v) is 12.6. The molecule has 1 saturated heterocycles. The van der Waals surface area contributed by atoms with Crippen molar-refractivity contribution in [3.05, 3.63) is 0 Å². The quantitative estimate of drug-likeness (QED) is 0.482. The highest BCUT2D eigenvalue weighted by atomic mass is 16.7. The number of methoxy groups -OCH3 is 1. The lowest BCUT2D eigenvalue weighted by Gasteiger charge is -2.64. The molecule has 6 heteroatoms. The Kier molecular flexibility index (Phi) is 6.16. The van der Waals surface area contributed by atoms with Gasteiger partial charge >= 0.3 is 5.97 Å². The predicted molar refractivity (Wildman–Crippen MR) is 125 cm³/mol. The number of hydrogen-bond donors (Lipinski definition) is 2. The fraction of sp³-hybridized carbons (Fsp3) is 0.963. The topological polar surface area (TPSA) is 91.0 Å². The summed E-state index contributed by atoms with van der Waals surface area (Å²) in [5, 5.41) is 9.95. The molecule has 11 atom stereocenters. The van der Waals surface area contributed by atoms with Crippen LogP contribution >= 0.6 is 0 Å². The van der Waals surface area contributed by atoms with Gasteiger partial charge in [-0.2, -0.15) is 0 Å². The second kappa shape index (κ2) is 8.46. The van der Waals surface area contributed by atoms with Crippen LogP contribution in [0.5, 0.6) is 0 Å². The van der Waals surface area contributed by atoms with Gasteiger partial charge in [0.25, 0.3) is 0 Å². The number of ether oxygens (including phenoxy) is 3. The van der Waals surface area contributed by atoms with Crippen LogP contribution in [0, 0.1) is 34.5 Å². The number of carbonyl (C=O) groups excluding carboxylic acids is 1. The van der Waals surface area contributed by atoms with Gasteiger partial charge in [0.15, 0.2) is 6.29 Å². The van der Waals surface area contributed by atoms with E-state index in [2.05, 4.69) is 13.8 Å². The minimum atomic E-state index is -0.371. The third-order valence-electron chi connectivity index (χ3n) is 11.4. The monoisotopic (exact) mass is 463 g/mol. The maximum Gasteiger partial charge on any atom is 0.309 e. The van der Waals surface area contributed by atoms with E-state index in [1.165, 1.54) is 32.8 Å². The number of fused-ring (bicyclic) bond motifs is 5. The Hall–Kier alpha value is -0.690. The Balaban J connectivity index is 1.28. The summed E-state index contributed by atoms with van der Waals surface area (Å²) in [5.74, 6) is 1.67. The van der Waals surface area contributed by atoms with E-state index in [1.54, 1.807) is 0 Å². The van der Waals surface area contributed by atoms with Crippen molar-refractivity contribution < 1.29 is 24.1 Å². The Morgan fingerprint density at radius 3 is 2.52 bits per heavy atom. The van der Waals surface area contributed by atoms with E-state index in [-0.39, 0.29) is 47.4 Å². The highest BCUT2D eigenvalue weighted by molar-refractivity contribution is 5.74. The molecule has 0 amide bonds. The average molecular weight is 464 g/mol. The van der Waals surface area contributed by atoms with Gasteiger partial charge in [-0.05, 0) is 99.7 Å². The van der Waals surface area contributed by atoms with Gasteiger partial charge in [0.05, 0.1) is 31.3 Å². The van der Waals surface area contributed by atoms with Crippen LogP contribution in [0.1, 0.15) is 91.4 Å². The van der Waals surface area contributed by atoms with Crippen LogP contribution in [0.25, 0.3) is 0 Å². The van der Waals surface area contributed by atoms with Crippen molar-refractivity contribution in [2.24, 2.45) is 40.2 Å². The molecule has 1 heterocycles. The van der Waals surface area contributed by atoms with Gasteiger partial charge in [0.1, 0.15) is 0 Å². The summed E-state index contributed by atoms with van der Waals surface area (Å²) in [4.78, 5) is 12.6. The molecule has 4 aliphatic carbocycles. The number of nitrogens with two attached hydrogens (primary N) is 1. The fourth-order valence-corrected chi connectivity index (χ4v) is 9.19. The van der Waals surface area contributed by atoms with Gasteiger partial charge in [0.2, 0.25) is 0 Å². The number of hydrogen-bond acceptors (Lipinski definition) is 6. The first-order chi connectivity index (χ1) is 15.6. The van der Waals surface area contributed by atoms with Crippen molar-refractivity contribution in [1.29, 1.82) is 0 Å². The maximum absolute atomic E-state index is 12.6. The Morgan fingerprint density at radius 1 is 1.00 bits per heavy atom. The molecule has 33 heavy (non-hydrogen) atoms. The Labute approximate surface area is 199 Å². The minimum Gasteiger partial charge on any atom is -0.469 e. The van der Waals surface area contributed by atoms with Crippen LogP contribution in [0.4, 0.5) is 0 Å². The van der Waals surface area contributed by atoms with E-state index in [0.717, 1.165) is 44.9 Å². The summed E-state index contributed by atoms with van der Waals surface area (Å²) in [5.41, 5.74) is 7.22. The van der Waals surface area contributed by atoms with Crippen molar-refractivity contribution in [2.45, 2.75) is 122 Å². The van der Waals surface area contributed by atoms with Crippen LogP contribution in [0.3, 0.4) is 0 Å². The molecule has 5 aliphatic rings. The first-order valence-corrected chi connectivity index (χ1v) is 13.5. The lowest BCUT2D eigenvalue weighted by atomic mass is 9.42. The SMILES string of the molecule is COC(=O)C1CC[C@]2(N)[C@@H]3CC[C@@H]4C[C@@H](O[C@@H]5CC[C@@H](O)C(C)O5)CC[C@]4(C)[C@H]3CC[C@]12C. The van der Waals surface area contributed by atoms with Gasteiger partial charge in [-0.15, -0.1) is 0 Å². The molecule has 188 valence electrons. The summed E-state index contributed by atoms with van der Waals surface area (Å²) in [6.07, 6.45) is 10.9. The van der Waals surface area contributed by atoms with Crippen molar-refractivity contribution in [1.82, 2.24) is 0 Å². The molecule has 5 rings (SSSR count). The molecule has 3 N–H and O–H groups in total. The zero-order valence-electron chi connectivity index (χ0n) is 21.1. The van der Waals surface area contributed by atoms with Crippen LogP contribution in [0.15, 0.2) is 0 Å². The zero-order chi connectivity index (χ0) is 23.6. The zero-order valence-corrected chi connectivity index (χ0v) is 21.1. The Morgan fingerprint density at radius 2 is 1.79 bits per heavy atom. The first kappa shape index (κ1) is 24.0. The van der Waals surface area contributed by atoms with Crippen LogP contribution < -0.4 is 5.73 Å². The normalized spacial score (nSPS) is 54.1. The molecule has 4 saturated carbocycles. The van der Waals surface area contributed by atoms with Crippen molar-refractivity contribution in [3.63, 3.8) is 0 Å². The van der Waals surface area contributed by atoms with E-state index in [4.69, 9.17) is 19.9 Å². The van der Waals surface area contributed by atoms with Gasteiger partial charge in [-0.1, -0.05) is 13.8 Å². The van der Waals surface area contributed by atoms with E-state index >= 15 is 0 Å². The van der Waals surface area contributed by atoms with E-state index in [0.29, 0.717) is 23.2 Å². The summed E-state index contributed by atoms with van der Waals surface area (Å²) in [6.45, 7) is 6.74. The first-order valence-electron chi connectivity index (χ1n) is 13.5. The third kappa shape index (κ3) is 3.61. The van der Waals surface area contributed by atoms with Gasteiger partial charge < -0.3 is 25.1 Å². The van der Waals surface area contributed by atoms with Crippen LogP contribution in [-0.4, -0.2) is 48.3 Å². The summed E-state index contributed by atoms with van der Waals surface area (Å²) in [6, 6.07) is 0. The molecule has 0 aromatic carbocycles. The van der Waals surface area contributed by atoms with Crippen molar-refractivity contribution in [3.8, 4) is 0 Å². The molecule has 0 aromatic heterocycles. The predicted octanol–water partition coefficient (Wildman–Crippen LogP) is 4.17. The minimum absolute atomic E-state index is 0.0560. The lowest BCUT2D eigenvalue weighted by Crippen LogP contribution is -2.66. The Bertz CT molecular complexity index is 761. The van der Waals surface area contributed by atoms with Crippen molar-refractivity contribution in [2.75, 3.05) is 7.11 Å². The highest BCUT2D eigenvalue weighted by Gasteiger charge is 2.67. The maximum atomic E-state index is 12.6. The summed E-state index contributed by atoms with van der Waals surface area (Å²) in [7, 11) is 1.52. The summed E-state index contributed by atoms with van der Waals surface area (Å²) >= 11 is 0. The number of rotatable bonds is 3. The highest BCUT2D eigenvalue weighted by Crippen LogP contribution is 2.68. The average Bonchev–Trinajstić information content (AvgIpc) is 3.07. The fourth-order valence-electron chi connectivity index (χ4n) is 9.19. The molecule has 6 nitrogen and oxygen atoms in total. The van der Waals surface area contributed by atoms with Crippen LogP contribution in [-0.2, 0) is 19.0 Å². The second-order valence-electron chi connectivity index (χ2n) is 12.6. The number of carbonyl (C=O) groups is 1. The van der Waals surface area contributed by atoms with E-state index < -0.39 is 0 Å². The third-order valence-corrected chi connectivity index (χ3v) is 11.4. The molecule has 0 spiro atoms. The van der Waals surface area contributed by atoms with E-state index in [9.17, 15) is 9.90 Å². The summed E-state index contributed by atoms with van der Waals surface area (Å²) < 4.78 is 17.6. The molecular weight excluding hydrogens is 418 g/mol. The molecule has 2 unspecified atom stereocenters. The largest absolute Gasteiger partial charge is 0.469 e. The lowest BCUT2D eigenvalue weighted by molar-refractivity contribution is -0.247. The molecule has 5 fully saturated rings. The molecule has 0 bridgehead atoms. The van der Waals surface area contributed by atoms with Gasteiger partial charge in [0, 0.05) is 12.0 Å². The van der Waals surface area contributed by atoms with Crippen molar-refractivity contribution >= 4 is 5.97 Å².